The van der Waals surface area contributed by atoms with Gasteiger partial charge in [0.15, 0.2) is 0 Å². The van der Waals surface area contributed by atoms with E-state index in [-0.39, 0.29) is 43.0 Å². The number of halogens is 2. The summed E-state index contributed by atoms with van der Waals surface area (Å²) >= 11 is 6.02. The van der Waals surface area contributed by atoms with Crippen molar-refractivity contribution in [2.75, 3.05) is 38.6 Å². The summed E-state index contributed by atoms with van der Waals surface area (Å²) in [6.07, 6.45) is 1.35. The van der Waals surface area contributed by atoms with Gasteiger partial charge >= 0.3 is 12.1 Å². The molecule has 1 aliphatic rings. The number of pyridine rings is 1. The van der Waals surface area contributed by atoms with E-state index in [0.717, 1.165) is 17.3 Å². The van der Waals surface area contributed by atoms with Gasteiger partial charge in [0, 0.05) is 57.3 Å². The molecule has 1 aromatic heterocycles. The van der Waals surface area contributed by atoms with Crippen LogP contribution < -0.4 is 16.0 Å². The van der Waals surface area contributed by atoms with Gasteiger partial charge in [-0.3, -0.25) is 10.1 Å². The Morgan fingerprint density at radius 1 is 1.22 bits per heavy atom. The zero-order chi connectivity index (χ0) is 29.4. The molecule has 0 aliphatic carbocycles. The third-order valence-electron chi connectivity index (χ3n) is 7.11. The Balaban J connectivity index is 1.39. The molecule has 2 atom stereocenters. The number of urea groups is 1. The first-order chi connectivity index (χ1) is 19.7. The SMILES string of the molecule is C[C@H]1CNCCN1C(=O)CC[C@@H](COC(=O)Nc1cc2ccccc2cn1)N(C)C(=O)NCc1cccc(F)c1Cl. The van der Waals surface area contributed by atoms with Gasteiger partial charge in [0.2, 0.25) is 5.91 Å². The number of aromatic nitrogens is 1. The van der Waals surface area contributed by atoms with Gasteiger partial charge in [-0.15, -0.1) is 0 Å². The number of amides is 4. The number of carbonyl (C=O) groups excluding carboxylic acids is 3. The van der Waals surface area contributed by atoms with Crippen molar-refractivity contribution in [3.05, 3.63) is 71.1 Å². The lowest BCUT2D eigenvalue weighted by atomic mass is 10.1. The molecule has 1 saturated heterocycles. The Morgan fingerprint density at radius 3 is 2.78 bits per heavy atom. The lowest BCUT2D eigenvalue weighted by molar-refractivity contribution is -0.134. The number of likely N-dealkylation sites (N-methyl/N-ethyl adjacent to an activating group) is 1. The predicted octanol–water partition coefficient (Wildman–Crippen LogP) is 4.39. The molecule has 218 valence electrons. The highest BCUT2D eigenvalue weighted by molar-refractivity contribution is 6.31. The van der Waals surface area contributed by atoms with Crippen molar-refractivity contribution in [3.8, 4) is 0 Å². The summed E-state index contributed by atoms with van der Waals surface area (Å²) in [5.74, 6) is -0.286. The van der Waals surface area contributed by atoms with Crippen LogP contribution in [0.4, 0.5) is 19.8 Å². The van der Waals surface area contributed by atoms with Crippen molar-refractivity contribution in [2.45, 2.75) is 38.4 Å². The summed E-state index contributed by atoms with van der Waals surface area (Å²) < 4.78 is 19.3. The maximum Gasteiger partial charge on any atom is 0.412 e. The summed E-state index contributed by atoms with van der Waals surface area (Å²) in [5.41, 5.74) is 0.423. The van der Waals surface area contributed by atoms with Crippen LogP contribution in [0.25, 0.3) is 10.8 Å². The highest BCUT2D eigenvalue weighted by Gasteiger charge is 2.27. The molecule has 0 bridgehead atoms. The molecule has 4 amide bonds. The third-order valence-corrected chi connectivity index (χ3v) is 7.53. The molecular formula is C29H34ClFN6O4. The second-order valence-electron chi connectivity index (χ2n) is 9.96. The van der Waals surface area contributed by atoms with Gasteiger partial charge in [-0.1, -0.05) is 48.0 Å². The molecule has 0 saturated carbocycles. The van der Waals surface area contributed by atoms with Crippen LogP contribution in [0.5, 0.6) is 0 Å². The van der Waals surface area contributed by atoms with Crippen molar-refractivity contribution in [3.63, 3.8) is 0 Å². The fraction of sp³-hybridized carbons (Fsp3) is 0.379. The number of anilines is 1. The van der Waals surface area contributed by atoms with Gasteiger partial charge in [-0.25, -0.2) is 19.0 Å². The smallest absolute Gasteiger partial charge is 0.412 e. The van der Waals surface area contributed by atoms with Crippen LogP contribution in [0.3, 0.4) is 0 Å². The van der Waals surface area contributed by atoms with E-state index in [0.29, 0.717) is 24.5 Å². The van der Waals surface area contributed by atoms with Crippen LogP contribution in [0.15, 0.2) is 54.7 Å². The lowest BCUT2D eigenvalue weighted by Gasteiger charge is -2.35. The van der Waals surface area contributed by atoms with Crippen molar-refractivity contribution in [2.24, 2.45) is 0 Å². The Bertz CT molecular complexity index is 1390. The molecule has 2 aromatic carbocycles. The van der Waals surface area contributed by atoms with E-state index in [9.17, 15) is 18.8 Å². The maximum absolute atomic E-state index is 13.8. The highest BCUT2D eigenvalue weighted by atomic mass is 35.5. The molecular weight excluding hydrogens is 551 g/mol. The van der Waals surface area contributed by atoms with E-state index in [1.807, 2.05) is 36.1 Å². The second kappa shape index (κ2) is 14.1. The van der Waals surface area contributed by atoms with Crippen molar-refractivity contribution >= 4 is 46.2 Å². The molecule has 41 heavy (non-hydrogen) atoms. The second-order valence-corrected chi connectivity index (χ2v) is 10.3. The third kappa shape index (κ3) is 8.05. The largest absolute Gasteiger partial charge is 0.447 e. The normalized spacial score (nSPS) is 15.7. The van der Waals surface area contributed by atoms with E-state index in [1.54, 1.807) is 25.4 Å². The Kier molecular flexibility index (Phi) is 10.3. The van der Waals surface area contributed by atoms with Gasteiger partial charge < -0.3 is 25.2 Å². The van der Waals surface area contributed by atoms with Gasteiger partial charge in [0.1, 0.15) is 18.2 Å². The summed E-state index contributed by atoms with van der Waals surface area (Å²) in [7, 11) is 1.55. The first-order valence-electron chi connectivity index (χ1n) is 13.4. The number of carbonyl (C=O) groups is 3. The number of piperazine rings is 1. The number of rotatable bonds is 9. The molecule has 1 aliphatic heterocycles. The number of hydrogen-bond donors (Lipinski definition) is 3. The highest BCUT2D eigenvalue weighted by Crippen LogP contribution is 2.20. The van der Waals surface area contributed by atoms with Gasteiger partial charge in [0.05, 0.1) is 11.1 Å². The summed E-state index contributed by atoms with van der Waals surface area (Å²) in [4.78, 5) is 46.1. The molecule has 3 N–H and O–H groups in total. The van der Waals surface area contributed by atoms with Crippen LogP contribution in [-0.2, 0) is 16.1 Å². The molecule has 10 nitrogen and oxygen atoms in total. The van der Waals surface area contributed by atoms with Gasteiger partial charge in [0.25, 0.3) is 0 Å². The summed E-state index contributed by atoms with van der Waals surface area (Å²) in [6, 6.07) is 12.7. The molecule has 0 unspecified atom stereocenters. The first-order valence-corrected chi connectivity index (χ1v) is 13.8. The van der Waals surface area contributed by atoms with Crippen LogP contribution in [0.1, 0.15) is 25.3 Å². The zero-order valence-corrected chi connectivity index (χ0v) is 23.8. The zero-order valence-electron chi connectivity index (χ0n) is 23.0. The molecule has 12 heteroatoms. The fourth-order valence-corrected chi connectivity index (χ4v) is 4.84. The maximum atomic E-state index is 13.8. The fourth-order valence-electron chi connectivity index (χ4n) is 4.64. The molecule has 0 spiro atoms. The topological polar surface area (TPSA) is 116 Å². The predicted molar refractivity (Wildman–Crippen MR) is 155 cm³/mol. The van der Waals surface area contributed by atoms with Crippen LogP contribution >= 0.6 is 11.6 Å². The van der Waals surface area contributed by atoms with Crippen LogP contribution in [-0.4, -0.2) is 78.2 Å². The summed E-state index contributed by atoms with van der Waals surface area (Å²) in [5, 5.41) is 10.4. The molecule has 0 radical (unpaired) electrons. The van der Waals surface area contributed by atoms with E-state index in [1.165, 1.54) is 17.0 Å². The Labute approximate surface area is 243 Å². The van der Waals surface area contributed by atoms with Crippen molar-refractivity contribution in [1.29, 1.82) is 0 Å². The monoisotopic (exact) mass is 584 g/mol. The van der Waals surface area contributed by atoms with E-state index in [4.69, 9.17) is 16.3 Å². The van der Waals surface area contributed by atoms with E-state index in [2.05, 4.69) is 20.9 Å². The van der Waals surface area contributed by atoms with Gasteiger partial charge in [-0.2, -0.15) is 0 Å². The van der Waals surface area contributed by atoms with Gasteiger partial charge in [-0.05, 0) is 36.4 Å². The standard InChI is InChI=1S/C29H34ClFN6O4/c1-19-15-32-12-13-37(19)26(38)11-10-23(36(2)28(39)34-17-22-8-5-9-24(31)27(22)30)18-41-29(40)35-25-14-20-6-3-4-7-21(20)16-33-25/h3-9,14,16,19,23,32H,10-13,15,17-18H2,1-2H3,(H,34,39)(H,33,35,40)/t19-,23-/m0/s1. The Morgan fingerprint density at radius 2 is 2.00 bits per heavy atom. The molecule has 2 heterocycles. The van der Waals surface area contributed by atoms with E-state index >= 15 is 0 Å². The van der Waals surface area contributed by atoms with Crippen molar-refractivity contribution < 1.29 is 23.5 Å². The van der Waals surface area contributed by atoms with Crippen molar-refractivity contribution in [1.82, 2.24) is 25.4 Å². The number of nitrogens with zero attached hydrogens (tertiary/aromatic N) is 3. The average molecular weight is 585 g/mol. The quantitative estimate of drug-likeness (QED) is 0.344. The average Bonchev–Trinajstić information content (AvgIpc) is 2.97. The number of hydrogen-bond acceptors (Lipinski definition) is 6. The number of fused-ring (bicyclic) bond motifs is 1. The molecule has 4 rings (SSSR count). The number of ether oxygens (including phenoxy) is 1. The Hall–Kier alpha value is -3.96. The first kappa shape index (κ1) is 30.0. The van der Waals surface area contributed by atoms with Crippen LogP contribution in [0, 0.1) is 5.82 Å². The lowest BCUT2D eigenvalue weighted by Crippen LogP contribution is -2.52. The van der Waals surface area contributed by atoms with Crippen LogP contribution in [0.2, 0.25) is 5.02 Å². The summed E-state index contributed by atoms with van der Waals surface area (Å²) in [6.45, 7) is 3.86. The van der Waals surface area contributed by atoms with E-state index < -0.39 is 24.0 Å². The number of benzene rings is 2. The minimum Gasteiger partial charge on any atom is -0.447 e. The number of nitrogens with one attached hydrogen (secondary N) is 3. The molecule has 3 aromatic rings. The molecule has 1 fully saturated rings. The minimum absolute atomic E-state index is 0.00130. The minimum atomic E-state index is -0.736.